The minimum Gasteiger partial charge on any atom is -0.285 e. The van der Waals surface area contributed by atoms with Gasteiger partial charge in [0.2, 0.25) is 5.12 Å². The van der Waals surface area contributed by atoms with Gasteiger partial charge in [0.15, 0.2) is 0 Å². The van der Waals surface area contributed by atoms with Crippen LogP contribution >= 0.6 is 11.9 Å². The van der Waals surface area contributed by atoms with Gasteiger partial charge in [0.05, 0.1) is 6.42 Å². The molecule has 1 aliphatic heterocycles. The molecule has 1 heterocycles. The fourth-order valence-electron chi connectivity index (χ4n) is 1.80. The molecule has 0 unspecified atom stereocenters. The lowest BCUT2D eigenvalue weighted by atomic mass is 10.00. The van der Waals surface area contributed by atoms with Gasteiger partial charge in [0.25, 0.3) is 0 Å². The van der Waals surface area contributed by atoms with Gasteiger partial charge in [-0.3, -0.25) is 4.79 Å². The van der Waals surface area contributed by atoms with Crippen molar-refractivity contribution in [1.82, 2.24) is 0 Å². The third kappa shape index (κ3) is 1.48. The molecular weight excluding hydrogens is 158 g/mol. The maximum absolute atomic E-state index is 10.9. The molecular formula is C8H11NOS. The highest BCUT2D eigenvalue weighted by molar-refractivity contribution is 8.13. The summed E-state index contributed by atoms with van der Waals surface area (Å²) in [5, 5.41) is 0.229. The van der Waals surface area contributed by atoms with Gasteiger partial charge in [-0.15, -0.1) is 0 Å². The molecule has 0 N–H and O–H groups in total. The Kier molecular flexibility index (Phi) is 1.98. The van der Waals surface area contributed by atoms with Gasteiger partial charge in [-0.25, -0.2) is 4.40 Å². The van der Waals surface area contributed by atoms with Crippen LogP contribution in [-0.2, 0) is 4.79 Å². The van der Waals surface area contributed by atoms with Gasteiger partial charge in [-0.05, 0) is 18.8 Å². The Morgan fingerprint density at radius 1 is 1.36 bits per heavy atom. The van der Waals surface area contributed by atoms with E-state index in [9.17, 15) is 4.79 Å². The molecule has 1 aliphatic carbocycles. The van der Waals surface area contributed by atoms with Crippen molar-refractivity contribution in [3.05, 3.63) is 0 Å². The summed E-state index contributed by atoms with van der Waals surface area (Å²) in [4.78, 5) is 10.9. The summed E-state index contributed by atoms with van der Waals surface area (Å²) in [7, 11) is 0. The van der Waals surface area contributed by atoms with E-state index in [0.717, 1.165) is 17.7 Å². The Balaban J connectivity index is 1.99. The first-order chi connectivity index (χ1) is 5.36. The summed E-state index contributed by atoms with van der Waals surface area (Å²) in [5.41, 5.74) is 1.16. The molecule has 0 aromatic rings. The molecule has 2 nitrogen and oxygen atoms in total. The molecule has 0 spiro atoms. The molecule has 0 aromatic carbocycles. The zero-order chi connectivity index (χ0) is 7.68. The monoisotopic (exact) mass is 169 g/mol. The second kappa shape index (κ2) is 2.97. The first-order valence-corrected chi connectivity index (χ1v) is 4.90. The molecule has 0 radical (unpaired) electrons. The van der Waals surface area contributed by atoms with Crippen molar-refractivity contribution in [2.45, 2.75) is 32.1 Å². The zero-order valence-electron chi connectivity index (χ0n) is 6.38. The maximum atomic E-state index is 10.9. The molecule has 0 aromatic heterocycles. The number of carbonyl (C=O) groups is 1. The number of rotatable bonds is 1. The minimum atomic E-state index is 0.229. The Labute approximate surface area is 70.6 Å². The molecule has 0 atom stereocenters. The summed E-state index contributed by atoms with van der Waals surface area (Å²) in [5.74, 6) is 0.647. The molecule has 0 saturated heterocycles. The van der Waals surface area contributed by atoms with Gasteiger partial charge in [-0.2, -0.15) is 0 Å². The van der Waals surface area contributed by atoms with E-state index in [4.69, 9.17) is 0 Å². The predicted octanol–water partition coefficient (Wildman–Crippen LogP) is 2.20. The van der Waals surface area contributed by atoms with Crippen molar-refractivity contribution >= 4 is 22.8 Å². The standard InChI is InChI=1S/C8H11NOS/c10-8-5-7(9-11-8)6-3-1-2-4-6/h6H,1-5H2. The van der Waals surface area contributed by atoms with E-state index in [-0.39, 0.29) is 5.12 Å². The maximum Gasteiger partial charge on any atom is 0.216 e. The van der Waals surface area contributed by atoms with Crippen molar-refractivity contribution in [1.29, 1.82) is 0 Å². The molecule has 2 rings (SSSR count). The van der Waals surface area contributed by atoms with Crippen LogP contribution in [0.5, 0.6) is 0 Å². The quantitative estimate of drug-likeness (QED) is 0.563. The normalized spacial score (nSPS) is 26.2. The Morgan fingerprint density at radius 2 is 2.09 bits per heavy atom. The number of nitrogens with zero attached hydrogens (tertiary/aromatic N) is 1. The lowest BCUT2D eigenvalue weighted by molar-refractivity contribution is -0.109. The molecule has 3 heteroatoms. The molecule has 1 fully saturated rings. The van der Waals surface area contributed by atoms with Crippen molar-refractivity contribution in [3.63, 3.8) is 0 Å². The molecule has 11 heavy (non-hydrogen) atoms. The minimum absolute atomic E-state index is 0.229. The van der Waals surface area contributed by atoms with E-state index < -0.39 is 0 Å². The predicted molar refractivity (Wildman–Crippen MR) is 46.6 cm³/mol. The average Bonchev–Trinajstić information content (AvgIpc) is 2.55. The van der Waals surface area contributed by atoms with Gasteiger partial charge in [0, 0.05) is 17.7 Å². The zero-order valence-corrected chi connectivity index (χ0v) is 7.19. The SMILES string of the molecule is O=C1CC(C2CCCC2)=NS1. The van der Waals surface area contributed by atoms with Crippen LogP contribution in [0, 0.1) is 5.92 Å². The number of carbonyl (C=O) groups excluding carboxylic acids is 1. The molecule has 1 saturated carbocycles. The van der Waals surface area contributed by atoms with Crippen LogP contribution in [0.1, 0.15) is 32.1 Å². The number of hydrogen-bond acceptors (Lipinski definition) is 3. The van der Waals surface area contributed by atoms with Crippen molar-refractivity contribution in [3.8, 4) is 0 Å². The molecule has 0 amide bonds. The molecule has 0 bridgehead atoms. The largest absolute Gasteiger partial charge is 0.285 e. The van der Waals surface area contributed by atoms with Gasteiger partial charge >= 0.3 is 0 Å². The van der Waals surface area contributed by atoms with Crippen molar-refractivity contribution in [2.24, 2.45) is 10.3 Å². The van der Waals surface area contributed by atoms with Crippen molar-refractivity contribution in [2.75, 3.05) is 0 Å². The number of hydrogen-bond donors (Lipinski definition) is 0. The topological polar surface area (TPSA) is 29.4 Å². The molecule has 60 valence electrons. The van der Waals surface area contributed by atoms with E-state index in [2.05, 4.69) is 4.40 Å². The van der Waals surface area contributed by atoms with Crippen LogP contribution in [0.25, 0.3) is 0 Å². The van der Waals surface area contributed by atoms with Crippen LogP contribution in [0.4, 0.5) is 0 Å². The van der Waals surface area contributed by atoms with Crippen LogP contribution in [0.15, 0.2) is 4.40 Å². The summed E-state index contributed by atoms with van der Waals surface area (Å²) in [6.45, 7) is 0. The molecule has 2 aliphatic rings. The highest BCUT2D eigenvalue weighted by atomic mass is 32.2. The second-order valence-corrected chi connectivity index (χ2v) is 4.02. The highest BCUT2D eigenvalue weighted by Crippen LogP contribution is 2.32. The first-order valence-electron chi connectivity index (χ1n) is 4.13. The van der Waals surface area contributed by atoms with E-state index in [1.54, 1.807) is 0 Å². The van der Waals surface area contributed by atoms with E-state index in [1.807, 2.05) is 0 Å². The van der Waals surface area contributed by atoms with Crippen LogP contribution < -0.4 is 0 Å². The fourth-order valence-corrected chi connectivity index (χ4v) is 2.45. The van der Waals surface area contributed by atoms with E-state index in [1.165, 1.54) is 25.7 Å². The smallest absolute Gasteiger partial charge is 0.216 e. The third-order valence-corrected chi connectivity index (χ3v) is 3.09. The Hall–Kier alpha value is -0.310. The summed E-state index contributed by atoms with van der Waals surface area (Å²) >= 11 is 1.14. The second-order valence-electron chi connectivity index (χ2n) is 3.20. The lowest BCUT2D eigenvalue weighted by Crippen LogP contribution is -2.09. The lowest BCUT2D eigenvalue weighted by Gasteiger charge is -2.05. The summed E-state index contributed by atoms with van der Waals surface area (Å²) < 4.78 is 4.18. The van der Waals surface area contributed by atoms with Crippen LogP contribution in [0.2, 0.25) is 0 Å². The Morgan fingerprint density at radius 3 is 2.64 bits per heavy atom. The van der Waals surface area contributed by atoms with Crippen LogP contribution in [0.3, 0.4) is 0 Å². The summed E-state index contributed by atoms with van der Waals surface area (Å²) in [6.07, 6.45) is 5.78. The fraction of sp³-hybridized carbons (Fsp3) is 0.750. The van der Waals surface area contributed by atoms with E-state index >= 15 is 0 Å². The highest BCUT2D eigenvalue weighted by Gasteiger charge is 2.26. The van der Waals surface area contributed by atoms with Crippen LogP contribution in [-0.4, -0.2) is 10.8 Å². The van der Waals surface area contributed by atoms with Gasteiger partial charge < -0.3 is 0 Å². The van der Waals surface area contributed by atoms with Gasteiger partial charge in [-0.1, -0.05) is 12.8 Å². The van der Waals surface area contributed by atoms with E-state index in [0.29, 0.717) is 12.3 Å². The first kappa shape index (κ1) is 7.35. The average molecular weight is 169 g/mol. The third-order valence-electron chi connectivity index (χ3n) is 2.42. The summed E-state index contributed by atoms with van der Waals surface area (Å²) in [6, 6.07) is 0. The van der Waals surface area contributed by atoms with Gasteiger partial charge in [0.1, 0.15) is 0 Å². The van der Waals surface area contributed by atoms with Crippen molar-refractivity contribution < 1.29 is 4.79 Å². The Bertz CT molecular complexity index is 206.